The Morgan fingerprint density at radius 1 is 1.04 bits per heavy atom. The number of hydrogen-bond acceptors (Lipinski definition) is 2. The minimum Gasteiger partial charge on any atom is -0.313 e. The Balaban J connectivity index is 1.50. The summed E-state index contributed by atoms with van der Waals surface area (Å²) >= 11 is 6.21. The van der Waals surface area contributed by atoms with Gasteiger partial charge in [0.15, 0.2) is 0 Å². The van der Waals surface area contributed by atoms with Crippen molar-refractivity contribution < 1.29 is 0 Å². The van der Waals surface area contributed by atoms with E-state index in [0.29, 0.717) is 16.9 Å². The Labute approximate surface area is 174 Å². The van der Waals surface area contributed by atoms with Crippen LogP contribution in [0.2, 0.25) is 5.02 Å². The smallest absolute Gasteiger partial charge is 0.0406 e. The zero-order valence-electron chi connectivity index (χ0n) is 16.8. The van der Waals surface area contributed by atoms with Gasteiger partial charge in [-0.15, -0.1) is 0 Å². The van der Waals surface area contributed by atoms with Gasteiger partial charge in [-0.1, -0.05) is 30.7 Å². The van der Waals surface area contributed by atoms with Gasteiger partial charge in [-0.3, -0.25) is 4.98 Å². The average molecular weight is 395 g/mol. The number of halogens is 1. The molecule has 1 aromatic heterocycles. The zero-order valence-corrected chi connectivity index (χ0v) is 17.6. The van der Waals surface area contributed by atoms with Crippen LogP contribution in [0.1, 0.15) is 56.6 Å². The molecule has 4 fully saturated rings. The average Bonchev–Trinajstić information content (AvgIpc) is 2.68. The lowest BCUT2D eigenvalue weighted by molar-refractivity contribution is -0.0908. The second kappa shape index (κ2) is 7.15. The van der Waals surface area contributed by atoms with Gasteiger partial charge in [-0.2, -0.15) is 0 Å². The van der Waals surface area contributed by atoms with Crippen molar-refractivity contribution in [3.8, 4) is 0 Å². The van der Waals surface area contributed by atoms with Gasteiger partial charge in [-0.25, -0.2) is 0 Å². The van der Waals surface area contributed by atoms with Crippen molar-refractivity contribution in [3.05, 3.63) is 64.9 Å². The number of benzene rings is 1. The first-order valence-corrected chi connectivity index (χ1v) is 11.4. The first-order chi connectivity index (χ1) is 13.6. The fourth-order valence-corrected chi connectivity index (χ4v) is 7.51. The molecule has 4 saturated carbocycles. The van der Waals surface area contributed by atoms with Gasteiger partial charge < -0.3 is 5.32 Å². The highest BCUT2D eigenvalue weighted by molar-refractivity contribution is 6.30. The van der Waals surface area contributed by atoms with E-state index in [0.717, 1.165) is 29.8 Å². The van der Waals surface area contributed by atoms with E-state index in [1.807, 2.05) is 12.4 Å². The van der Waals surface area contributed by atoms with Crippen LogP contribution in [0.4, 0.5) is 0 Å². The van der Waals surface area contributed by atoms with Crippen LogP contribution in [0.5, 0.6) is 0 Å². The maximum Gasteiger partial charge on any atom is 0.0406 e. The molecule has 0 radical (unpaired) electrons. The number of hydrogen-bond donors (Lipinski definition) is 1. The van der Waals surface area contributed by atoms with Crippen LogP contribution in [-0.2, 0) is 11.8 Å². The summed E-state index contributed by atoms with van der Waals surface area (Å²) in [5.74, 6) is 1.77. The summed E-state index contributed by atoms with van der Waals surface area (Å²) in [6, 6.07) is 13.8. The van der Waals surface area contributed by atoms with Gasteiger partial charge in [0.25, 0.3) is 0 Å². The molecule has 3 atom stereocenters. The van der Waals surface area contributed by atoms with E-state index < -0.39 is 0 Å². The quantitative estimate of drug-likeness (QED) is 0.670. The maximum absolute atomic E-state index is 6.21. The van der Waals surface area contributed by atoms with Gasteiger partial charge in [-0.05, 0) is 110 Å². The first kappa shape index (κ1) is 18.6. The first-order valence-electron chi connectivity index (χ1n) is 11.0. The van der Waals surface area contributed by atoms with Crippen molar-refractivity contribution in [1.82, 2.24) is 10.3 Å². The number of nitrogens with one attached hydrogen (secondary N) is 1. The Hall–Kier alpha value is -1.38. The normalized spacial score (nSPS) is 34.5. The Bertz CT molecular complexity index is 802. The molecule has 2 aromatic rings. The molecule has 0 saturated heterocycles. The van der Waals surface area contributed by atoms with Crippen molar-refractivity contribution in [2.75, 3.05) is 6.54 Å². The van der Waals surface area contributed by atoms with E-state index in [4.69, 9.17) is 11.6 Å². The van der Waals surface area contributed by atoms with Crippen molar-refractivity contribution in [2.24, 2.45) is 17.3 Å². The SMILES string of the molecule is CCNC(Cc1ccncc1)C12CC3CC(CC(c4ccc(Cl)cc4)(C3)C1)C2. The number of aromatic nitrogens is 1. The molecule has 28 heavy (non-hydrogen) atoms. The molecule has 0 aliphatic heterocycles. The zero-order chi connectivity index (χ0) is 19.2. The molecule has 3 heteroatoms. The van der Waals surface area contributed by atoms with Crippen LogP contribution in [-0.4, -0.2) is 17.6 Å². The molecule has 0 amide bonds. The molecule has 3 unspecified atom stereocenters. The van der Waals surface area contributed by atoms with Gasteiger partial charge >= 0.3 is 0 Å². The third-order valence-electron chi connectivity index (χ3n) is 7.94. The van der Waals surface area contributed by atoms with Crippen LogP contribution in [0.3, 0.4) is 0 Å². The fraction of sp³-hybridized carbons (Fsp3) is 0.560. The fourth-order valence-electron chi connectivity index (χ4n) is 7.39. The second-order valence-corrected chi connectivity index (χ2v) is 10.2. The molecule has 4 bridgehead atoms. The summed E-state index contributed by atoms with van der Waals surface area (Å²) in [6.45, 7) is 3.30. The molecular formula is C25H31ClN2. The highest BCUT2D eigenvalue weighted by atomic mass is 35.5. The molecule has 4 aliphatic rings. The number of nitrogens with zero attached hydrogens (tertiary/aromatic N) is 1. The molecule has 1 N–H and O–H groups in total. The predicted molar refractivity (Wildman–Crippen MR) is 116 cm³/mol. The highest BCUT2D eigenvalue weighted by Crippen LogP contribution is 2.67. The van der Waals surface area contributed by atoms with Crippen LogP contribution in [0, 0.1) is 17.3 Å². The summed E-state index contributed by atoms with van der Waals surface area (Å²) in [4.78, 5) is 4.22. The van der Waals surface area contributed by atoms with Crippen LogP contribution < -0.4 is 5.32 Å². The Kier molecular flexibility index (Phi) is 4.76. The minimum atomic E-state index is 0.362. The highest BCUT2D eigenvalue weighted by Gasteiger charge is 2.60. The number of likely N-dealkylation sites (N-methyl/N-ethyl adjacent to an activating group) is 1. The molecule has 2 nitrogen and oxygen atoms in total. The lowest BCUT2D eigenvalue weighted by atomic mass is 9.41. The van der Waals surface area contributed by atoms with E-state index >= 15 is 0 Å². The van der Waals surface area contributed by atoms with Crippen molar-refractivity contribution in [2.45, 2.75) is 63.3 Å². The third kappa shape index (κ3) is 3.19. The van der Waals surface area contributed by atoms with E-state index in [-0.39, 0.29) is 0 Å². The summed E-state index contributed by atoms with van der Waals surface area (Å²) in [7, 11) is 0. The third-order valence-corrected chi connectivity index (χ3v) is 8.19. The largest absolute Gasteiger partial charge is 0.313 e. The van der Waals surface area contributed by atoms with E-state index in [1.54, 1.807) is 0 Å². The van der Waals surface area contributed by atoms with Gasteiger partial charge in [0, 0.05) is 23.5 Å². The standard InChI is InChI=1S/C25H31ClN2/c1-2-28-23(12-18-7-9-27-10-8-18)25-15-19-11-20(16-25)14-24(13-19,17-25)21-3-5-22(26)6-4-21/h3-10,19-20,23,28H,2,11-17H2,1H3. The van der Waals surface area contributed by atoms with Crippen LogP contribution >= 0.6 is 11.6 Å². The molecule has 1 aromatic carbocycles. The van der Waals surface area contributed by atoms with E-state index in [2.05, 4.69) is 53.6 Å². The van der Waals surface area contributed by atoms with Gasteiger partial charge in [0.1, 0.15) is 0 Å². The number of rotatable bonds is 6. The second-order valence-electron chi connectivity index (χ2n) is 9.78. The maximum atomic E-state index is 6.21. The Morgan fingerprint density at radius 3 is 2.36 bits per heavy atom. The van der Waals surface area contributed by atoms with Crippen molar-refractivity contribution in [1.29, 1.82) is 0 Å². The molecule has 1 heterocycles. The molecule has 148 valence electrons. The van der Waals surface area contributed by atoms with Gasteiger partial charge in [0.05, 0.1) is 0 Å². The summed E-state index contributed by atoms with van der Waals surface area (Å²) in [6.07, 6.45) is 13.3. The monoisotopic (exact) mass is 394 g/mol. The topological polar surface area (TPSA) is 24.9 Å². The minimum absolute atomic E-state index is 0.362. The van der Waals surface area contributed by atoms with Crippen molar-refractivity contribution >= 4 is 11.6 Å². The van der Waals surface area contributed by atoms with Crippen molar-refractivity contribution in [3.63, 3.8) is 0 Å². The summed E-state index contributed by atoms with van der Waals surface area (Å²) in [5, 5.41) is 4.78. The van der Waals surface area contributed by atoms with E-state index in [9.17, 15) is 0 Å². The Morgan fingerprint density at radius 2 is 1.71 bits per heavy atom. The molecule has 4 aliphatic carbocycles. The number of pyridine rings is 1. The molecule has 0 spiro atoms. The molecule has 6 rings (SSSR count). The lowest BCUT2D eigenvalue weighted by Crippen LogP contribution is -2.61. The van der Waals surface area contributed by atoms with E-state index in [1.165, 1.54) is 49.7 Å². The predicted octanol–water partition coefficient (Wildman–Crippen LogP) is 5.79. The van der Waals surface area contributed by atoms with Crippen LogP contribution in [0.25, 0.3) is 0 Å². The lowest BCUT2D eigenvalue weighted by Gasteiger charge is -2.64. The summed E-state index contributed by atoms with van der Waals surface area (Å²) in [5.41, 5.74) is 3.73. The molecular weight excluding hydrogens is 364 g/mol. The summed E-state index contributed by atoms with van der Waals surface area (Å²) < 4.78 is 0. The van der Waals surface area contributed by atoms with Gasteiger partial charge in [0.2, 0.25) is 0 Å². The van der Waals surface area contributed by atoms with Crippen LogP contribution in [0.15, 0.2) is 48.8 Å².